The van der Waals surface area contributed by atoms with E-state index in [-0.39, 0.29) is 5.70 Å². The van der Waals surface area contributed by atoms with Crippen molar-refractivity contribution in [3.8, 4) is 0 Å². The van der Waals surface area contributed by atoms with Crippen molar-refractivity contribution in [2.24, 2.45) is 0 Å². The Hall–Kier alpha value is -3.48. The number of amides is 2. The molecule has 0 aliphatic heterocycles. The Morgan fingerprint density at radius 3 is 2.29 bits per heavy atom. The molecule has 0 saturated heterocycles. The first-order valence-corrected chi connectivity index (χ1v) is 8.68. The van der Waals surface area contributed by atoms with E-state index in [4.69, 9.17) is 4.74 Å². The summed E-state index contributed by atoms with van der Waals surface area (Å²) >= 11 is 0. The molecule has 2 rings (SSSR count). The van der Waals surface area contributed by atoms with Crippen LogP contribution in [0.4, 0.5) is 10.1 Å². The molecule has 0 heterocycles. The zero-order chi connectivity index (χ0) is 20.5. The monoisotopic (exact) mass is 384 g/mol. The summed E-state index contributed by atoms with van der Waals surface area (Å²) < 4.78 is 18.1. The van der Waals surface area contributed by atoms with Gasteiger partial charge in [-0.1, -0.05) is 30.3 Å². The zero-order valence-corrected chi connectivity index (χ0v) is 15.6. The topological polar surface area (TPSA) is 75.7 Å². The molecule has 1 N–H and O–H groups in total. The van der Waals surface area contributed by atoms with Gasteiger partial charge in [0.25, 0.3) is 5.91 Å². The molecular weight excluding hydrogens is 363 g/mol. The first-order valence-electron chi connectivity index (χ1n) is 8.68. The van der Waals surface area contributed by atoms with E-state index >= 15 is 0 Å². The molecule has 2 aromatic rings. The van der Waals surface area contributed by atoms with Gasteiger partial charge in [0.05, 0.1) is 0 Å². The highest BCUT2D eigenvalue weighted by Crippen LogP contribution is 2.15. The standard InChI is InChI=1S/C21H21FN2O4/c1-3-24(18-11-9-17(22)10-12-18)20(26)14-28-21(27)19(23-15(2)25)13-16-7-5-4-6-8-16/h4-13H,3,14H2,1-2H3,(H,23,25)/b19-13-. The minimum absolute atomic E-state index is 0.0728. The molecule has 0 aliphatic carbocycles. The van der Waals surface area contributed by atoms with Crippen molar-refractivity contribution in [1.82, 2.24) is 5.32 Å². The van der Waals surface area contributed by atoms with Crippen LogP contribution in [0.3, 0.4) is 0 Å². The average Bonchev–Trinajstić information content (AvgIpc) is 2.68. The van der Waals surface area contributed by atoms with Gasteiger partial charge in [0, 0.05) is 19.2 Å². The van der Waals surface area contributed by atoms with E-state index in [1.54, 1.807) is 31.2 Å². The molecule has 2 amide bonds. The van der Waals surface area contributed by atoms with Crippen molar-refractivity contribution < 1.29 is 23.5 Å². The number of benzene rings is 2. The molecule has 0 fully saturated rings. The molecule has 0 aliphatic rings. The Kier molecular flexibility index (Phi) is 7.45. The van der Waals surface area contributed by atoms with Gasteiger partial charge >= 0.3 is 5.97 Å². The number of anilines is 1. The smallest absolute Gasteiger partial charge is 0.355 e. The molecule has 0 spiro atoms. The third kappa shape index (κ3) is 6.05. The number of ether oxygens (including phenoxy) is 1. The minimum Gasteiger partial charge on any atom is -0.451 e. The zero-order valence-electron chi connectivity index (χ0n) is 15.6. The Morgan fingerprint density at radius 2 is 1.71 bits per heavy atom. The number of likely N-dealkylation sites (N-methyl/N-ethyl adjacent to an activating group) is 1. The van der Waals surface area contributed by atoms with Crippen molar-refractivity contribution >= 4 is 29.5 Å². The molecule has 6 nitrogen and oxygen atoms in total. The van der Waals surface area contributed by atoms with E-state index in [9.17, 15) is 18.8 Å². The molecule has 0 radical (unpaired) electrons. The maximum atomic E-state index is 13.1. The van der Waals surface area contributed by atoms with Crippen LogP contribution in [0, 0.1) is 5.82 Å². The number of hydrogen-bond donors (Lipinski definition) is 1. The second kappa shape index (κ2) is 10.0. The summed E-state index contributed by atoms with van der Waals surface area (Å²) in [6.07, 6.45) is 1.46. The normalized spacial score (nSPS) is 10.9. The predicted molar refractivity (Wildman–Crippen MR) is 104 cm³/mol. The number of rotatable bonds is 7. The molecular formula is C21H21FN2O4. The van der Waals surface area contributed by atoms with Crippen molar-refractivity contribution in [2.45, 2.75) is 13.8 Å². The lowest BCUT2D eigenvalue weighted by Gasteiger charge is -2.21. The number of esters is 1. The van der Waals surface area contributed by atoms with Crippen molar-refractivity contribution in [3.05, 3.63) is 71.7 Å². The summed E-state index contributed by atoms with van der Waals surface area (Å²) in [5, 5.41) is 2.41. The van der Waals surface area contributed by atoms with E-state index in [2.05, 4.69) is 5.32 Å². The first kappa shape index (κ1) is 20.8. The second-order valence-corrected chi connectivity index (χ2v) is 5.84. The number of hydrogen-bond acceptors (Lipinski definition) is 4. The number of halogens is 1. The van der Waals surface area contributed by atoms with Crippen LogP contribution in [0.25, 0.3) is 6.08 Å². The van der Waals surface area contributed by atoms with Crippen LogP contribution in [0.2, 0.25) is 0 Å². The lowest BCUT2D eigenvalue weighted by molar-refractivity contribution is -0.144. The lowest BCUT2D eigenvalue weighted by Crippen LogP contribution is -2.35. The Morgan fingerprint density at radius 1 is 1.07 bits per heavy atom. The molecule has 28 heavy (non-hydrogen) atoms. The fourth-order valence-electron chi connectivity index (χ4n) is 2.46. The van der Waals surface area contributed by atoms with Gasteiger partial charge < -0.3 is 15.0 Å². The number of nitrogens with zero attached hydrogens (tertiary/aromatic N) is 1. The van der Waals surface area contributed by atoms with Gasteiger partial charge in [-0.15, -0.1) is 0 Å². The molecule has 0 atom stereocenters. The van der Waals surface area contributed by atoms with Crippen molar-refractivity contribution in [3.63, 3.8) is 0 Å². The molecule has 2 aromatic carbocycles. The van der Waals surface area contributed by atoms with E-state index in [1.165, 1.54) is 42.2 Å². The van der Waals surface area contributed by atoms with Gasteiger partial charge in [-0.2, -0.15) is 0 Å². The van der Waals surface area contributed by atoms with Crippen molar-refractivity contribution in [2.75, 3.05) is 18.1 Å². The van der Waals surface area contributed by atoms with Crippen LogP contribution in [0.5, 0.6) is 0 Å². The third-order valence-electron chi connectivity index (χ3n) is 3.72. The van der Waals surface area contributed by atoms with Crippen LogP contribution in [0.15, 0.2) is 60.3 Å². The highest BCUT2D eigenvalue weighted by molar-refractivity contribution is 6.00. The van der Waals surface area contributed by atoms with Gasteiger partial charge in [-0.25, -0.2) is 9.18 Å². The maximum Gasteiger partial charge on any atom is 0.355 e. The summed E-state index contributed by atoms with van der Waals surface area (Å²) in [6.45, 7) is 2.82. The largest absolute Gasteiger partial charge is 0.451 e. The molecule has 7 heteroatoms. The molecule has 0 unspecified atom stereocenters. The first-order chi connectivity index (χ1) is 13.4. The molecule has 0 saturated carbocycles. The summed E-state index contributed by atoms with van der Waals surface area (Å²) in [5.41, 5.74) is 1.11. The lowest BCUT2D eigenvalue weighted by atomic mass is 10.2. The van der Waals surface area contributed by atoms with Crippen LogP contribution >= 0.6 is 0 Å². The van der Waals surface area contributed by atoms with Crippen molar-refractivity contribution in [1.29, 1.82) is 0 Å². The number of carbonyl (C=O) groups is 3. The third-order valence-corrected chi connectivity index (χ3v) is 3.72. The molecule has 146 valence electrons. The summed E-state index contributed by atoms with van der Waals surface area (Å²) in [6, 6.07) is 14.3. The van der Waals surface area contributed by atoms with Crippen LogP contribution in [-0.4, -0.2) is 30.9 Å². The summed E-state index contributed by atoms with van der Waals surface area (Å²) in [7, 11) is 0. The maximum absolute atomic E-state index is 13.1. The van der Waals surface area contributed by atoms with Gasteiger partial charge in [0.1, 0.15) is 11.5 Å². The quantitative estimate of drug-likeness (QED) is 0.588. The number of carbonyl (C=O) groups excluding carboxylic acids is 3. The summed E-state index contributed by atoms with van der Waals surface area (Å²) in [4.78, 5) is 37.5. The fraction of sp³-hybridized carbons (Fsp3) is 0.190. The highest BCUT2D eigenvalue weighted by atomic mass is 19.1. The van der Waals surface area contributed by atoms with E-state index < -0.39 is 30.2 Å². The molecule has 0 aromatic heterocycles. The van der Waals surface area contributed by atoms with Gasteiger partial charge in [0.15, 0.2) is 6.61 Å². The highest BCUT2D eigenvalue weighted by Gasteiger charge is 2.19. The minimum atomic E-state index is -0.831. The van der Waals surface area contributed by atoms with Gasteiger partial charge in [0.2, 0.25) is 5.91 Å². The fourth-order valence-corrected chi connectivity index (χ4v) is 2.46. The average molecular weight is 384 g/mol. The van der Waals surface area contributed by atoms with E-state index in [0.717, 1.165) is 0 Å². The Bertz CT molecular complexity index is 864. The van der Waals surface area contributed by atoms with Gasteiger partial charge in [-0.3, -0.25) is 9.59 Å². The Labute approximate surface area is 162 Å². The Balaban J connectivity index is 2.08. The summed E-state index contributed by atoms with van der Waals surface area (Å²) in [5.74, 6) is -2.15. The van der Waals surface area contributed by atoms with E-state index in [0.29, 0.717) is 17.8 Å². The molecule has 0 bridgehead atoms. The second-order valence-electron chi connectivity index (χ2n) is 5.84. The predicted octanol–water partition coefficient (Wildman–Crippen LogP) is 2.90. The SMILES string of the molecule is CCN(C(=O)COC(=O)/C(=C/c1ccccc1)NC(C)=O)c1ccc(F)cc1. The van der Waals surface area contributed by atoms with E-state index in [1.807, 2.05) is 6.07 Å². The van der Waals surface area contributed by atoms with Crippen LogP contribution < -0.4 is 10.2 Å². The van der Waals surface area contributed by atoms with Gasteiger partial charge in [-0.05, 0) is 42.8 Å². The number of nitrogens with one attached hydrogen (secondary N) is 1. The van der Waals surface area contributed by atoms with Crippen LogP contribution in [-0.2, 0) is 19.1 Å². The van der Waals surface area contributed by atoms with Crippen LogP contribution in [0.1, 0.15) is 19.4 Å².